The Balaban J connectivity index is 2.16. The monoisotopic (exact) mass is 280 g/mol. The second-order valence-corrected chi connectivity index (χ2v) is 7.41. The normalized spacial score (nSPS) is 18.4. The van der Waals surface area contributed by atoms with Gasteiger partial charge in [0.05, 0.1) is 5.75 Å². The lowest BCUT2D eigenvalue weighted by molar-refractivity contribution is 0.400. The molecule has 1 rings (SSSR count). The first-order valence-electron chi connectivity index (χ1n) is 6.31. The molecule has 1 aliphatic rings. The molecule has 1 saturated heterocycles. The summed E-state index contributed by atoms with van der Waals surface area (Å²) in [4.78, 5) is 0. The summed E-state index contributed by atoms with van der Waals surface area (Å²) in [6, 6.07) is 0. The van der Waals surface area contributed by atoms with Gasteiger partial charge < -0.3 is 5.32 Å². The summed E-state index contributed by atoms with van der Waals surface area (Å²) in [5.74, 6) is 1.74. The molecular weight excluding hydrogens is 256 g/mol. The Morgan fingerprint density at radius 2 is 2.00 bits per heavy atom. The lowest BCUT2D eigenvalue weighted by Crippen LogP contribution is -2.35. The van der Waals surface area contributed by atoms with Gasteiger partial charge in [-0.05, 0) is 56.7 Å². The van der Waals surface area contributed by atoms with Crippen molar-refractivity contribution in [2.45, 2.75) is 25.7 Å². The highest BCUT2D eigenvalue weighted by atomic mass is 32.2. The van der Waals surface area contributed by atoms with Crippen molar-refractivity contribution in [3.8, 4) is 0 Å². The second-order valence-electron chi connectivity index (χ2n) is 4.57. The van der Waals surface area contributed by atoms with Gasteiger partial charge in [-0.3, -0.25) is 0 Å². The van der Waals surface area contributed by atoms with Gasteiger partial charge in [-0.1, -0.05) is 0 Å². The third-order valence-corrected chi connectivity index (χ3v) is 5.26. The Kier molecular flexibility index (Phi) is 7.50. The molecule has 0 aromatic rings. The average molecular weight is 280 g/mol. The van der Waals surface area contributed by atoms with Crippen LogP contribution in [0.25, 0.3) is 0 Å². The van der Waals surface area contributed by atoms with E-state index in [0.29, 0.717) is 18.2 Å². The Morgan fingerprint density at radius 1 is 1.29 bits per heavy atom. The van der Waals surface area contributed by atoms with E-state index in [9.17, 15) is 8.42 Å². The predicted octanol–water partition coefficient (Wildman–Crippen LogP) is 1.05. The van der Waals surface area contributed by atoms with Crippen LogP contribution < -0.4 is 10.0 Å². The van der Waals surface area contributed by atoms with Crippen LogP contribution in [0.1, 0.15) is 25.7 Å². The Hall–Kier alpha value is 0.220. The standard InChI is InChI=1S/C11H24N2O2S2/c1-16-9-3-2-6-13-17(14,15)10-11-4-7-12-8-5-11/h11-13H,2-10H2,1H3. The van der Waals surface area contributed by atoms with Crippen LogP contribution in [0.15, 0.2) is 0 Å². The number of hydrogen-bond donors (Lipinski definition) is 2. The number of nitrogens with one attached hydrogen (secondary N) is 2. The van der Waals surface area contributed by atoms with E-state index in [1.54, 1.807) is 11.8 Å². The van der Waals surface area contributed by atoms with Crippen molar-refractivity contribution in [3.05, 3.63) is 0 Å². The van der Waals surface area contributed by atoms with Crippen molar-refractivity contribution in [1.29, 1.82) is 0 Å². The quantitative estimate of drug-likeness (QED) is 0.653. The van der Waals surface area contributed by atoms with Crippen LogP contribution in [-0.4, -0.2) is 45.8 Å². The highest BCUT2D eigenvalue weighted by Crippen LogP contribution is 2.13. The van der Waals surface area contributed by atoms with Gasteiger partial charge in [0.15, 0.2) is 0 Å². The predicted molar refractivity (Wildman–Crippen MR) is 75.0 cm³/mol. The minimum Gasteiger partial charge on any atom is -0.317 e. The zero-order valence-electron chi connectivity index (χ0n) is 10.6. The maximum Gasteiger partial charge on any atom is 0.211 e. The zero-order valence-corrected chi connectivity index (χ0v) is 12.2. The van der Waals surface area contributed by atoms with E-state index in [1.165, 1.54) is 0 Å². The average Bonchev–Trinajstić information content (AvgIpc) is 2.29. The summed E-state index contributed by atoms with van der Waals surface area (Å²) in [7, 11) is -3.05. The SMILES string of the molecule is CSCCCCNS(=O)(=O)CC1CCNCC1. The van der Waals surface area contributed by atoms with Crippen molar-refractivity contribution in [3.63, 3.8) is 0 Å². The molecule has 6 heteroatoms. The van der Waals surface area contributed by atoms with Gasteiger partial charge in [-0.15, -0.1) is 0 Å². The fraction of sp³-hybridized carbons (Fsp3) is 1.00. The number of piperidine rings is 1. The maximum absolute atomic E-state index is 11.8. The van der Waals surface area contributed by atoms with Gasteiger partial charge in [-0.25, -0.2) is 13.1 Å². The molecular formula is C11H24N2O2S2. The lowest BCUT2D eigenvalue weighted by Gasteiger charge is -2.22. The third-order valence-electron chi connectivity index (χ3n) is 3.01. The molecule has 0 spiro atoms. The largest absolute Gasteiger partial charge is 0.317 e. The Morgan fingerprint density at radius 3 is 2.65 bits per heavy atom. The second kappa shape index (κ2) is 8.34. The van der Waals surface area contributed by atoms with Crippen LogP contribution in [0.5, 0.6) is 0 Å². The first-order valence-corrected chi connectivity index (χ1v) is 9.35. The van der Waals surface area contributed by atoms with E-state index in [-0.39, 0.29) is 0 Å². The molecule has 0 amide bonds. The first kappa shape index (κ1) is 15.3. The molecule has 0 bridgehead atoms. The van der Waals surface area contributed by atoms with E-state index < -0.39 is 10.0 Å². The molecule has 2 N–H and O–H groups in total. The Bertz CT molecular complexity index is 288. The van der Waals surface area contributed by atoms with Crippen molar-refractivity contribution in [2.75, 3.05) is 37.4 Å². The van der Waals surface area contributed by atoms with Crippen molar-refractivity contribution < 1.29 is 8.42 Å². The van der Waals surface area contributed by atoms with Crippen LogP contribution in [0.2, 0.25) is 0 Å². The van der Waals surface area contributed by atoms with Crippen molar-refractivity contribution in [1.82, 2.24) is 10.0 Å². The highest BCUT2D eigenvalue weighted by molar-refractivity contribution is 7.98. The molecule has 4 nitrogen and oxygen atoms in total. The number of unbranched alkanes of at least 4 members (excludes halogenated alkanes) is 1. The zero-order chi connectivity index (χ0) is 12.6. The van der Waals surface area contributed by atoms with Crippen molar-refractivity contribution >= 4 is 21.8 Å². The summed E-state index contributed by atoms with van der Waals surface area (Å²) in [6.07, 6.45) is 6.05. The minimum atomic E-state index is -3.05. The fourth-order valence-corrected chi connectivity index (χ4v) is 4.04. The summed E-state index contributed by atoms with van der Waals surface area (Å²) in [5.41, 5.74) is 0. The highest BCUT2D eigenvalue weighted by Gasteiger charge is 2.20. The number of thioether (sulfide) groups is 1. The molecule has 0 radical (unpaired) electrons. The van der Waals surface area contributed by atoms with E-state index in [2.05, 4.69) is 16.3 Å². The summed E-state index contributed by atoms with van der Waals surface area (Å²) in [6.45, 7) is 2.50. The molecule has 0 unspecified atom stereocenters. The lowest BCUT2D eigenvalue weighted by atomic mass is 10.0. The number of sulfonamides is 1. The molecule has 1 fully saturated rings. The summed E-state index contributed by atoms with van der Waals surface area (Å²) in [5, 5.41) is 3.25. The molecule has 0 atom stereocenters. The Labute approximate surface area is 109 Å². The first-order chi connectivity index (χ1) is 8.14. The molecule has 0 aromatic heterocycles. The van der Waals surface area contributed by atoms with E-state index >= 15 is 0 Å². The van der Waals surface area contributed by atoms with Crippen LogP contribution >= 0.6 is 11.8 Å². The van der Waals surface area contributed by atoms with Gasteiger partial charge in [0, 0.05) is 6.54 Å². The fourth-order valence-electron chi connectivity index (χ4n) is 2.02. The minimum absolute atomic E-state index is 0.303. The number of rotatable bonds is 8. The number of hydrogen-bond acceptors (Lipinski definition) is 4. The molecule has 102 valence electrons. The molecule has 0 aliphatic carbocycles. The molecule has 1 aliphatic heterocycles. The molecule has 0 aromatic carbocycles. The molecule has 17 heavy (non-hydrogen) atoms. The van der Waals surface area contributed by atoms with E-state index in [0.717, 1.165) is 44.5 Å². The van der Waals surface area contributed by atoms with Crippen LogP contribution in [0, 0.1) is 5.92 Å². The summed E-state index contributed by atoms with van der Waals surface area (Å²) < 4.78 is 26.3. The van der Waals surface area contributed by atoms with Crippen molar-refractivity contribution in [2.24, 2.45) is 5.92 Å². The smallest absolute Gasteiger partial charge is 0.211 e. The maximum atomic E-state index is 11.8. The van der Waals surface area contributed by atoms with Gasteiger partial charge in [0.2, 0.25) is 10.0 Å². The van der Waals surface area contributed by atoms with Gasteiger partial charge in [0.25, 0.3) is 0 Å². The molecule has 1 heterocycles. The summed E-state index contributed by atoms with van der Waals surface area (Å²) >= 11 is 1.80. The van der Waals surface area contributed by atoms with Crippen LogP contribution in [0.4, 0.5) is 0 Å². The third kappa shape index (κ3) is 7.28. The van der Waals surface area contributed by atoms with E-state index in [4.69, 9.17) is 0 Å². The van der Waals surface area contributed by atoms with Gasteiger partial charge >= 0.3 is 0 Å². The van der Waals surface area contributed by atoms with Gasteiger partial charge in [0.1, 0.15) is 0 Å². The molecule has 0 saturated carbocycles. The van der Waals surface area contributed by atoms with E-state index in [1.807, 2.05) is 0 Å². The van der Waals surface area contributed by atoms with Crippen LogP contribution in [0.3, 0.4) is 0 Å². The topological polar surface area (TPSA) is 58.2 Å². The van der Waals surface area contributed by atoms with Gasteiger partial charge in [-0.2, -0.15) is 11.8 Å². The van der Waals surface area contributed by atoms with Crippen LogP contribution in [-0.2, 0) is 10.0 Å².